The molecule has 0 aliphatic carbocycles. The molecule has 0 spiro atoms. The zero-order chi connectivity index (χ0) is 9.68. The minimum Gasteiger partial charge on any atom is -0.493 e. The monoisotopic (exact) mass is 176 g/mol. The Kier molecular flexibility index (Phi) is 3.56. The lowest BCUT2D eigenvalue weighted by molar-refractivity contribution is 0.316. The number of hydrogen-bond donors (Lipinski definition) is 0. The molecule has 0 aromatic heterocycles. The molecule has 1 aliphatic rings. The molecule has 1 aromatic rings. The maximum Gasteiger partial charge on any atom is 0.126 e. The van der Waals surface area contributed by atoms with Crippen LogP contribution >= 0.6 is 0 Å². The quantitative estimate of drug-likeness (QED) is 0.587. The fourth-order valence-corrected chi connectivity index (χ4v) is 1.30. The van der Waals surface area contributed by atoms with Crippen LogP contribution in [0.5, 0.6) is 5.75 Å². The van der Waals surface area contributed by atoms with Crippen molar-refractivity contribution in [3.63, 3.8) is 0 Å². The van der Waals surface area contributed by atoms with E-state index in [1.54, 1.807) is 0 Å². The third-order valence-corrected chi connectivity index (χ3v) is 1.93. The van der Waals surface area contributed by atoms with Gasteiger partial charge in [0.1, 0.15) is 5.75 Å². The van der Waals surface area contributed by atoms with Gasteiger partial charge in [-0.05, 0) is 11.6 Å². The minimum absolute atomic E-state index is 0.774. The Hall–Kier alpha value is -1.24. The van der Waals surface area contributed by atoms with Gasteiger partial charge in [-0.25, -0.2) is 0 Å². The highest BCUT2D eigenvalue weighted by molar-refractivity contribution is 5.69. The molecule has 0 unspecified atom stereocenters. The fourth-order valence-electron chi connectivity index (χ4n) is 1.30. The first kappa shape index (κ1) is 9.85. The second kappa shape index (κ2) is 4.70. The largest absolute Gasteiger partial charge is 0.493 e. The van der Waals surface area contributed by atoms with Gasteiger partial charge >= 0.3 is 0 Å². The van der Waals surface area contributed by atoms with Crippen LogP contribution in [0.1, 0.15) is 25.8 Å². The van der Waals surface area contributed by atoms with E-state index in [0.29, 0.717) is 0 Å². The maximum absolute atomic E-state index is 5.43. The summed E-state index contributed by atoms with van der Waals surface area (Å²) in [6.45, 7) is 8.75. The van der Waals surface area contributed by atoms with Crippen molar-refractivity contribution in [3.8, 4) is 5.75 Å². The Morgan fingerprint density at radius 1 is 1.23 bits per heavy atom. The summed E-state index contributed by atoms with van der Waals surface area (Å²) in [4.78, 5) is 0. The van der Waals surface area contributed by atoms with Crippen LogP contribution in [-0.4, -0.2) is 6.61 Å². The third-order valence-electron chi connectivity index (χ3n) is 1.93. The first-order valence-corrected chi connectivity index (χ1v) is 4.78. The number of benzene rings is 1. The molecule has 0 atom stereocenters. The summed E-state index contributed by atoms with van der Waals surface area (Å²) in [5.74, 6) is 0.976. The predicted molar refractivity (Wildman–Crippen MR) is 56.9 cm³/mol. The second-order valence-electron chi connectivity index (χ2n) is 2.70. The first-order valence-electron chi connectivity index (χ1n) is 4.78. The molecular weight excluding hydrogens is 160 g/mol. The van der Waals surface area contributed by atoms with Crippen molar-refractivity contribution in [2.24, 2.45) is 0 Å². The third kappa shape index (κ3) is 2.11. The molecular formula is C12H16O. The Morgan fingerprint density at radius 2 is 1.92 bits per heavy atom. The summed E-state index contributed by atoms with van der Waals surface area (Å²) in [5, 5.41) is 0. The normalized spacial score (nSPS) is 13.5. The standard InChI is InChI=1S/C10H10O.C2H6/c1-8-6-7-11-10-5-3-2-4-9(8)10;1-2/h2-5H,1,6-7H2;1-2H3. The van der Waals surface area contributed by atoms with Gasteiger partial charge in [-0.1, -0.05) is 38.6 Å². The smallest absolute Gasteiger partial charge is 0.126 e. The topological polar surface area (TPSA) is 9.23 Å². The van der Waals surface area contributed by atoms with E-state index in [4.69, 9.17) is 4.74 Å². The highest BCUT2D eigenvalue weighted by Gasteiger charge is 2.11. The summed E-state index contributed by atoms with van der Waals surface area (Å²) in [5.41, 5.74) is 2.35. The van der Waals surface area contributed by atoms with Crippen LogP contribution in [-0.2, 0) is 0 Å². The van der Waals surface area contributed by atoms with Crippen molar-refractivity contribution in [3.05, 3.63) is 36.4 Å². The first-order chi connectivity index (χ1) is 6.38. The predicted octanol–water partition coefficient (Wildman–Crippen LogP) is 3.51. The second-order valence-corrected chi connectivity index (χ2v) is 2.70. The van der Waals surface area contributed by atoms with Gasteiger partial charge in [0.05, 0.1) is 6.61 Å². The Labute approximate surface area is 80.0 Å². The maximum atomic E-state index is 5.43. The molecule has 0 bridgehead atoms. The van der Waals surface area contributed by atoms with Gasteiger partial charge in [-0.2, -0.15) is 0 Å². The zero-order valence-corrected chi connectivity index (χ0v) is 8.34. The van der Waals surface area contributed by atoms with Gasteiger partial charge in [0.25, 0.3) is 0 Å². The Morgan fingerprint density at radius 3 is 2.62 bits per heavy atom. The van der Waals surface area contributed by atoms with E-state index in [1.165, 1.54) is 11.1 Å². The van der Waals surface area contributed by atoms with E-state index in [1.807, 2.05) is 32.0 Å². The van der Waals surface area contributed by atoms with E-state index in [-0.39, 0.29) is 0 Å². The number of rotatable bonds is 0. The number of hydrogen-bond acceptors (Lipinski definition) is 1. The van der Waals surface area contributed by atoms with Crippen LogP contribution in [0, 0.1) is 0 Å². The van der Waals surface area contributed by atoms with Crippen molar-refractivity contribution in [1.82, 2.24) is 0 Å². The number of fused-ring (bicyclic) bond motifs is 1. The van der Waals surface area contributed by atoms with E-state index in [9.17, 15) is 0 Å². The van der Waals surface area contributed by atoms with Crippen LogP contribution in [0.3, 0.4) is 0 Å². The molecule has 0 fully saturated rings. The Balaban J connectivity index is 0.000000396. The van der Waals surface area contributed by atoms with Crippen molar-refractivity contribution < 1.29 is 4.74 Å². The lowest BCUT2D eigenvalue weighted by Gasteiger charge is -2.18. The van der Waals surface area contributed by atoms with Crippen LogP contribution in [0.4, 0.5) is 0 Å². The van der Waals surface area contributed by atoms with Gasteiger partial charge in [0.2, 0.25) is 0 Å². The average molecular weight is 176 g/mol. The van der Waals surface area contributed by atoms with Gasteiger partial charge in [-0.15, -0.1) is 0 Å². The summed E-state index contributed by atoms with van der Waals surface area (Å²) < 4.78 is 5.43. The number of para-hydroxylation sites is 1. The van der Waals surface area contributed by atoms with Crippen LogP contribution in [0.2, 0.25) is 0 Å². The summed E-state index contributed by atoms with van der Waals surface area (Å²) in [6, 6.07) is 8.03. The van der Waals surface area contributed by atoms with E-state index >= 15 is 0 Å². The van der Waals surface area contributed by atoms with Crippen LogP contribution < -0.4 is 4.74 Å². The average Bonchev–Trinajstić information content (AvgIpc) is 2.22. The molecule has 2 rings (SSSR count). The van der Waals surface area contributed by atoms with Crippen LogP contribution in [0.25, 0.3) is 5.57 Å². The lowest BCUT2D eigenvalue weighted by Crippen LogP contribution is -2.06. The highest BCUT2D eigenvalue weighted by Crippen LogP contribution is 2.30. The van der Waals surface area contributed by atoms with E-state index < -0.39 is 0 Å². The minimum atomic E-state index is 0.774. The summed E-state index contributed by atoms with van der Waals surface area (Å²) in [7, 11) is 0. The van der Waals surface area contributed by atoms with Crippen molar-refractivity contribution in [2.45, 2.75) is 20.3 Å². The molecule has 0 N–H and O–H groups in total. The van der Waals surface area contributed by atoms with Gasteiger partial charge in [0.15, 0.2) is 0 Å². The SMILES string of the molecule is C=C1CCOc2ccccc21.CC. The van der Waals surface area contributed by atoms with Crippen molar-refractivity contribution in [1.29, 1.82) is 0 Å². The fraction of sp³-hybridized carbons (Fsp3) is 0.333. The number of ether oxygens (including phenoxy) is 1. The summed E-state index contributed by atoms with van der Waals surface area (Å²) >= 11 is 0. The molecule has 1 aliphatic heterocycles. The molecule has 0 saturated heterocycles. The molecule has 0 saturated carbocycles. The molecule has 70 valence electrons. The van der Waals surface area contributed by atoms with Crippen LogP contribution in [0.15, 0.2) is 30.8 Å². The van der Waals surface area contributed by atoms with Crippen molar-refractivity contribution >= 4 is 5.57 Å². The Bertz CT molecular complexity index is 289. The van der Waals surface area contributed by atoms with E-state index in [0.717, 1.165) is 18.8 Å². The molecule has 0 amide bonds. The highest BCUT2D eigenvalue weighted by atomic mass is 16.5. The lowest BCUT2D eigenvalue weighted by atomic mass is 10.0. The molecule has 1 heterocycles. The summed E-state index contributed by atoms with van der Waals surface area (Å²) in [6.07, 6.45) is 0.955. The molecule has 0 radical (unpaired) electrons. The van der Waals surface area contributed by atoms with Gasteiger partial charge in [-0.3, -0.25) is 0 Å². The van der Waals surface area contributed by atoms with Gasteiger partial charge < -0.3 is 4.74 Å². The molecule has 1 nitrogen and oxygen atoms in total. The zero-order valence-electron chi connectivity index (χ0n) is 8.34. The molecule has 1 heteroatoms. The van der Waals surface area contributed by atoms with E-state index in [2.05, 4.69) is 12.6 Å². The van der Waals surface area contributed by atoms with Crippen molar-refractivity contribution in [2.75, 3.05) is 6.61 Å². The molecule has 13 heavy (non-hydrogen) atoms. The van der Waals surface area contributed by atoms with Gasteiger partial charge in [0, 0.05) is 12.0 Å². The molecule has 1 aromatic carbocycles.